The highest BCUT2D eigenvalue weighted by Crippen LogP contribution is 2.18. The molecule has 0 atom stereocenters. The van der Waals surface area contributed by atoms with E-state index in [1.54, 1.807) is 0 Å². The highest BCUT2D eigenvalue weighted by atomic mass is 18.0. The normalized spacial score (nSPS) is 11.6. The molecule has 0 bridgehead atoms. The number of rotatable bonds is 65. The average molecular weight is 1030 g/mol. The smallest absolute Gasteiger partial charge is 0.448 e. The zero-order chi connectivity index (χ0) is 50.2. The van der Waals surface area contributed by atoms with E-state index >= 15 is 0 Å². The van der Waals surface area contributed by atoms with Gasteiger partial charge >= 0.3 is 6.16 Å². The minimum atomic E-state index is -1.85. The van der Waals surface area contributed by atoms with E-state index in [9.17, 15) is 4.79 Å². The summed E-state index contributed by atoms with van der Waals surface area (Å²) in [5.74, 6) is 0. The van der Waals surface area contributed by atoms with Crippen molar-refractivity contribution in [2.45, 2.75) is 283 Å². The maximum atomic E-state index is 9.83. The van der Waals surface area contributed by atoms with E-state index in [0.717, 1.165) is 19.3 Å². The number of carbonyl (C=O) groups is 1. The van der Waals surface area contributed by atoms with Gasteiger partial charge in [0.2, 0.25) is 0 Å². The summed E-state index contributed by atoms with van der Waals surface area (Å²) in [7, 11) is 0. The van der Waals surface area contributed by atoms with Crippen LogP contribution in [0, 0.1) is 0 Å². The van der Waals surface area contributed by atoms with Crippen LogP contribution in [0.3, 0.4) is 0 Å². The Balaban J connectivity index is 3.07. The predicted octanol–water partition coefficient (Wildman–Crippen LogP) is 16.0. The number of hydrogen-bond donors (Lipinski definition) is 1. The van der Waals surface area contributed by atoms with Gasteiger partial charge in [0, 0.05) is 60.5 Å². The topological polar surface area (TPSA) is 240 Å². The lowest BCUT2D eigenvalue weighted by Gasteiger charge is -2.05. The third-order valence-corrected chi connectivity index (χ3v) is 11.5. The Morgan fingerprint density at radius 2 is 0.386 bits per heavy atom. The monoisotopic (exact) mass is 1030 g/mol. The van der Waals surface area contributed by atoms with E-state index in [0.29, 0.717) is 0 Å². The summed E-state index contributed by atoms with van der Waals surface area (Å²) < 4.78 is 0. The largest absolute Gasteiger partial charge is 0.540 e. The summed E-state index contributed by atoms with van der Waals surface area (Å²) in [6.45, 7) is 2.58. The summed E-state index contributed by atoms with van der Waals surface area (Å²) in [5, 5.41) is 81.2. The van der Waals surface area contributed by atoms with Gasteiger partial charge in [0.1, 0.15) is 0 Å². The molecule has 0 aromatic rings. The van der Waals surface area contributed by atoms with Crippen molar-refractivity contribution >= 4 is 6.16 Å². The molecule has 0 spiro atoms. The van der Waals surface area contributed by atoms with Crippen molar-refractivity contribution in [1.82, 2.24) is 0 Å². The van der Waals surface area contributed by atoms with Gasteiger partial charge in [-0.15, -0.1) is 0 Å². The van der Waals surface area contributed by atoms with Gasteiger partial charge in [-0.05, 0) is 46.7 Å². The minimum absolute atomic E-state index is 0.279. The van der Waals surface area contributed by atoms with Gasteiger partial charge in [0.25, 0.3) is 0 Å². The van der Waals surface area contributed by atoms with Crippen molar-refractivity contribution < 1.29 is 120 Å². The fourth-order valence-electron chi connectivity index (χ4n) is 7.78. The highest BCUT2D eigenvalue weighted by molar-refractivity contribution is 5.55. The van der Waals surface area contributed by atoms with Crippen molar-refractivity contribution in [2.24, 2.45) is 0 Å². The predicted molar refractivity (Wildman–Crippen MR) is 241 cm³/mol. The van der Waals surface area contributed by atoms with E-state index in [-0.39, 0.29) is 6.61 Å². The van der Waals surface area contributed by atoms with Gasteiger partial charge in [0.05, 0.1) is 6.61 Å². The lowest BCUT2D eigenvalue weighted by molar-refractivity contribution is -0.896. The van der Waals surface area contributed by atoms with E-state index in [1.165, 1.54) is 257 Å². The van der Waals surface area contributed by atoms with Crippen LogP contribution in [0.25, 0.3) is 0 Å². The fraction of sp³-hybridized carbons (Fsp3) is 0.978. The van der Waals surface area contributed by atoms with Crippen LogP contribution in [0.5, 0.6) is 0 Å². The number of carboxylic acid groups (broad SMARTS) is 1. The third kappa shape index (κ3) is 66.4. The Labute approximate surface area is 415 Å². The zero-order valence-electron chi connectivity index (χ0n) is 42.4. The van der Waals surface area contributed by atoms with Crippen LogP contribution in [0.15, 0.2) is 0 Å². The second-order valence-corrected chi connectivity index (χ2v) is 17.4. The third-order valence-electron chi connectivity index (χ3n) is 11.5. The Hall–Kier alpha value is -1.57. The first-order valence-corrected chi connectivity index (χ1v) is 26.6. The van der Waals surface area contributed by atoms with E-state index in [2.05, 4.69) is 113 Å². The summed E-state index contributed by atoms with van der Waals surface area (Å²) in [6.07, 6.45) is 58.0. The molecule has 0 heterocycles. The molecule has 0 fully saturated rings. The highest BCUT2D eigenvalue weighted by Gasteiger charge is 2.04. The van der Waals surface area contributed by atoms with E-state index in [1.807, 2.05) is 0 Å². The van der Waals surface area contributed by atoms with Crippen molar-refractivity contribution in [3.8, 4) is 0 Å². The van der Waals surface area contributed by atoms with E-state index < -0.39 is 6.16 Å². The first kappa shape index (κ1) is 68.4. The first-order chi connectivity index (χ1) is 34.8. The zero-order valence-corrected chi connectivity index (χ0v) is 42.4. The van der Waals surface area contributed by atoms with Gasteiger partial charge < -0.3 is 5.11 Å². The summed E-state index contributed by atoms with van der Waals surface area (Å²) >= 11 is 0. The Bertz CT molecular complexity index is 949. The Kier molecular flexibility index (Phi) is 64.0. The second-order valence-electron chi connectivity index (χ2n) is 17.4. The molecule has 420 valence electrons. The maximum Gasteiger partial charge on any atom is 0.540 e. The van der Waals surface area contributed by atoms with Crippen LogP contribution < -0.4 is 0 Å². The molecule has 24 nitrogen and oxygen atoms in total. The van der Waals surface area contributed by atoms with Crippen molar-refractivity contribution in [3.05, 3.63) is 0 Å². The molecule has 0 aromatic carbocycles. The lowest BCUT2D eigenvalue weighted by atomic mass is 10.0. The molecular weight excluding hydrogens is 936 g/mol. The van der Waals surface area contributed by atoms with Crippen molar-refractivity contribution in [1.29, 1.82) is 0 Å². The van der Waals surface area contributed by atoms with Crippen LogP contribution in [0.1, 0.15) is 283 Å². The molecule has 0 amide bonds. The van der Waals surface area contributed by atoms with Crippen molar-refractivity contribution in [2.75, 3.05) is 6.61 Å². The SMILES string of the molecule is CCCCCCCCCCCCCCCCCCCCCCCCCCCCCCCCCCCCCCCCCCCCCOOOOOOOOOOOOOOOOOOOOOOC(=O)O. The summed E-state index contributed by atoms with van der Waals surface area (Å²) in [6, 6.07) is 0. The maximum absolute atomic E-state index is 9.83. The molecule has 0 aliphatic rings. The van der Waals surface area contributed by atoms with Gasteiger partial charge in [0.15, 0.2) is 0 Å². The molecule has 0 aliphatic carbocycles. The minimum Gasteiger partial charge on any atom is -0.448 e. The average Bonchev–Trinajstić information content (AvgIpc) is 3.36. The van der Waals surface area contributed by atoms with E-state index in [4.69, 9.17) is 9.99 Å². The van der Waals surface area contributed by atoms with Gasteiger partial charge in [-0.3, -0.25) is 0 Å². The molecule has 24 heteroatoms. The molecule has 0 aromatic heterocycles. The van der Waals surface area contributed by atoms with Crippen LogP contribution in [-0.4, -0.2) is 17.9 Å². The fourth-order valence-corrected chi connectivity index (χ4v) is 7.78. The molecule has 1 N–H and O–H groups in total. The van der Waals surface area contributed by atoms with Gasteiger partial charge in [-0.2, -0.15) is 0 Å². The molecule has 70 heavy (non-hydrogen) atoms. The van der Waals surface area contributed by atoms with Crippen LogP contribution in [0.2, 0.25) is 0 Å². The molecule has 0 aliphatic heterocycles. The van der Waals surface area contributed by atoms with Crippen LogP contribution >= 0.6 is 0 Å². The second kappa shape index (κ2) is 65.4. The number of hydrogen-bond acceptors (Lipinski definition) is 23. The Morgan fingerprint density at radius 3 is 0.571 bits per heavy atom. The molecular formula is C46H92O24. The van der Waals surface area contributed by atoms with Gasteiger partial charge in [-0.1, -0.05) is 277 Å². The molecule has 0 unspecified atom stereocenters. The summed E-state index contributed by atoms with van der Waals surface area (Å²) in [4.78, 5) is 17.9. The molecule has 0 radical (unpaired) electrons. The molecule has 0 saturated carbocycles. The first-order valence-electron chi connectivity index (χ1n) is 26.6. The lowest BCUT2D eigenvalue weighted by Crippen LogP contribution is -2.06. The standard InChI is InChI=1S/C46H92O24/c1-2-3-4-5-6-7-8-9-10-11-12-13-14-15-16-17-18-19-20-21-22-23-24-25-26-27-28-29-30-31-32-33-34-35-36-37-38-39-40-41-42-43-44-45-49-51-53-55-57-59-61-63-65-67-69-70-68-66-64-62-60-58-56-54-52-50-46(47)48/h2-45H2,1H3,(H,47,48). The Morgan fingerprint density at radius 1 is 0.229 bits per heavy atom. The number of unbranched alkanes of at least 4 members (excludes halogenated alkanes) is 42. The molecule has 0 rings (SSSR count). The van der Waals surface area contributed by atoms with Crippen LogP contribution in [0.4, 0.5) is 4.79 Å². The summed E-state index contributed by atoms with van der Waals surface area (Å²) in [5.41, 5.74) is 0. The van der Waals surface area contributed by atoms with Crippen LogP contribution in [-0.2, 0) is 111 Å². The quantitative estimate of drug-likeness (QED) is 0.0338. The molecule has 0 saturated heterocycles. The van der Waals surface area contributed by atoms with Crippen molar-refractivity contribution in [3.63, 3.8) is 0 Å². The van der Waals surface area contributed by atoms with Gasteiger partial charge in [-0.25, -0.2) is 14.6 Å².